The van der Waals surface area contributed by atoms with Gasteiger partial charge in [0, 0.05) is 17.2 Å². The number of nitrogens with zero attached hydrogens (tertiary/aromatic N) is 1. The SMILES string of the molecule is CC1C(C2=CC(=O)OC2=O)CCN(C)C1(C)C. The van der Waals surface area contributed by atoms with Gasteiger partial charge in [0.1, 0.15) is 0 Å². The summed E-state index contributed by atoms with van der Waals surface area (Å²) in [6.07, 6.45) is 2.26. The fraction of sp³-hybridized carbons (Fsp3) is 0.692. The van der Waals surface area contributed by atoms with E-state index in [4.69, 9.17) is 0 Å². The maximum absolute atomic E-state index is 11.6. The molecule has 0 aromatic carbocycles. The third kappa shape index (κ3) is 1.90. The van der Waals surface area contributed by atoms with Crippen molar-refractivity contribution >= 4 is 11.9 Å². The number of esters is 2. The van der Waals surface area contributed by atoms with Gasteiger partial charge in [-0.1, -0.05) is 6.92 Å². The summed E-state index contributed by atoms with van der Waals surface area (Å²) in [7, 11) is 2.10. The van der Waals surface area contributed by atoms with Crippen LogP contribution in [0.25, 0.3) is 0 Å². The quantitative estimate of drug-likeness (QED) is 0.510. The number of ether oxygens (including phenoxy) is 1. The average Bonchev–Trinajstić information content (AvgIpc) is 2.56. The number of carbonyl (C=O) groups is 2. The van der Waals surface area contributed by atoms with Crippen LogP contribution in [0.5, 0.6) is 0 Å². The molecule has 2 rings (SSSR count). The van der Waals surface area contributed by atoms with Gasteiger partial charge in [-0.2, -0.15) is 0 Å². The molecule has 0 aliphatic carbocycles. The van der Waals surface area contributed by atoms with E-state index in [1.165, 1.54) is 6.08 Å². The van der Waals surface area contributed by atoms with E-state index in [9.17, 15) is 9.59 Å². The lowest BCUT2D eigenvalue weighted by molar-refractivity contribution is -0.151. The van der Waals surface area contributed by atoms with Crippen molar-refractivity contribution in [3.05, 3.63) is 11.6 Å². The van der Waals surface area contributed by atoms with Crippen molar-refractivity contribution in [2.75, 3.05) is 13.6 Å². The number of hydrogen-bond donors (Lipinski definition) is 0. The Labute approximate surface area is 102 Å². The molecule has 1 saturated heterocycles. The molecule has 0 radical (unpaired) electrons. The largest absolute Gasteiger partial charge is 0.386 e. The highest BCUT2D eigenvalue weighted by Gasteiger charge is 2.44. The fourth-order valence-electron chi connectivity index (χ4n) is 2.76. The van der Waals surface area contributed by atoms with Crippen LogP contribution < -0.4 is 0 Å². The van der Waals surface area contributed by atoms with Gasteiger partial charge in [-0.15, -0.1) is 0 Å². The highest BCUT2D eigenvalue weighted by atomic mass is 16.6. The van der Waals surface area contributed by atoms with Crippen molar-refractivity contribution in [2.45, 2.75) is 32.7 Å². The summed E-state index contributed by atoms with van der Waals surface area (Å²) in [6.45, 7) is 7.41. The number of piperidine rings is 1. The maximum atomic E-state index is 11.6. The van der Waals surface area contributed by atoms with Crippen LogP contribution in [-0.4, -0.2) is 36.0 Å². The first kappa shape index (κ1) is 12.3. The predicted molar refractivity (Wildman–Crippen MR) is 63.2 cm³/mol. The van der Waals surface area contributed by atoms with Crippen LogP contribution in [0.1, 0.15) is 27.2 Å². The maximum Gasteiger partial charge on any atom is 0.342 e. The molecule has 0 aromatic heterocycles. The summed E-state index contributed by atoms with van der Waals surface area (Å²) in [5.41, 5.74) is 0.582. The topological polar surface area (TPSA) is 46.6 Å². The standard InChI is InChI=1S/C13H19NO3/c1-8-9(5-6-14(4)13(8,2)3)10-7-11(15)17-12(10)16/h7-9H,5-6H2,1-4H3. The van der Waals surface area contributed by atoms with Crippen LogP contribution in [0.2, 0.25) is 0 Å². The second-order valence-electron chi connectivity index (χ2n) is 5.57. The van der Waals surface area contributed by atoms with Crippen molar-refractivity contribution in [1.29, 1.82) is 0 Å². The van der Waals surface area contributed by atoms with Crippen molar-refractivity contribution < 1.29 is 14.3 Å². The monoisotopic (exact) mass is 237 g/mol. The van der Waals surface area contributed by atoms with Gasteiger partial charge in [0.05, 0.1) is 0 Å². The molecule has 2 aliphatic heterocycles. The molecule has 0 aromatic rings. The van der Waals surface area contributed by atoms with Gasteiger partial charge >= 0.3 is 11.9 Å². The first-order valence-corrected chi connectivity index (χ1v) is 6.03. The Morgan fingerprint density at radius 2 is 2.06 bits per heavy atom. The third-order valence-electron chi connectivity index (χ3n) is 4.58. The van der Waals surface area contributed by atoms with Gasteiger partial charge in [0.2, 0.25) is 0 Å². The molecule has 2 heterocycles. The van der Waals surface area contributed by atoms with E-state index in [-0.39, 0.29) is 11.5 Å². The van der Waals surface area contributed by atoms with Gasteiger partial charge < -0.3 is 9.64 Å². The number of likely N-dealkylation sites (tertiary alicyclic amines) is 1. The van der Waals surface area contributed by atoms with Gasteiger partial charge in [-0.05, 0) is 45.7 Å². The summed E-state index contributed by atoms with van der Waals surface area (Å²) < 4.78 is 4.59. The van der Waals surface area contributed by atoms with Gasteiger partial charge in [0.15, 0.2) is 0 Å². The van der Waals surface area contributed by atoms with E-state index in [0.29, 0.717) is 11.5 Å². The normalized spacial score (nSPS) is 33.5. The number of hydrogen-bond acceptors (Lipinski definition) is 4. The lowest BCUT2D eigenvalue weighted by Gasteiger charge is -2.49. The van der Waals surface area contributed by atoms with E-state index < -0.39 is 11.9 Å². The van der Waals surface area contributed by atoms with Crippen LogP contribution in [0.15, 0.2) is 11.6 Å². The number of carbonyl (C=O) groups excluding carboxylic acids is 2. The summed E-state index contributed by atoms with van der Waals surface area (Å²) in [5, 5.41) is 0. The highest BCUT2D eigenvalue weighted by molar-refractivity contribution is 6.09. The molecule has 0 amide bonds. The van der Waals surface area contributed by atoms with Crippen LogP contribution in [0, 0.1) is 11.8 Å². The number of cyclic esters (lactones) is 2. The van der Waals surface area contributed by atoms with E-state index in [1.54, 1.807) is 0 Å². The molecule has 94 valence electrons. The van der Waals surface area contributed by atoms with E-state index in [1.807, 2.05) is 0 Å². The zero-order chi connectivity index (χ0) is 12.8. The second kappa shape index (κ2) is 3.95. The summed E-state index contributed by atoms with van der Waals surface area (Å²) in [4.78, 5) is 25.0. The Balaban J connectivity index is 2.26. The van der Waals surface area contributed by atoms with Crippen molar-refractivity contribution in [2.24, 2.45) is 11.8 Å². The molecule has 0 saturated carbocycles. The average molecular weight is 237 g/mol. The smallest absolute Gasteiger partial charge is 0.342 e. The fourth-order valence-corrected chi connectivity index (χ4v) is 2.76. The molecular weight excluding hydrogens is 218 g/mol. The Morgan fingerprint density at radius 3 is 2.59 bits per heavy atom. The minimum Gasteiger partial charge on any atom is -0.386 e. The second-order valence-corrected chi connectivity index (χ2v) is 5.57. The molecule has 2 unspecified atom stereocenters. The molecular formula is C13H19NO3. The Morgan fingerprint density at radius 1 is 1.41 bits per heavy atom. The molecule has 4 heteroatoms. The molecule has 0 N–H and O–H groups in total. The van der Waals surface area contributed by atoms with Crippen LogP contribution in [-0.2, 0) is 14.3 Å². The zero-order valence-electron chi connectivity index (χ0n) is 10.8. The van der Waals surface area contributed by atoms with Gasteiger partial charge in [-0.25, -0.2) is 9.59 Å². The molecule has 4 nitrogen and oxygen atoms in total. The van der Waals surface area contributed by atoms with Gasteiger partial charge in [0.25, 0.3) is 0 Å². The third-order valence-corrected chi connectivity index (χ3v) is 4.58. The minimum atomic E-state index is -0.520. The van der Waals surface area contributed by atoms with E-state index in [0.717, 1.165) is 13.0 Å². The van der Waals surface area contributed by atoms with Crippen molar-refractivity contribution in [3.63, 3.8) is 0 Å². The summed E-state index contributed by atoms with van der Waals surface area (Å²) >= 11 is 0. The lowest BCUT2D eigenvalue weighted by atomic mass is 9.70. The van der Waals surface area contributed by atoms with Crippen LogP contribution in [0.3, 0.4) is 0 Å². The van der Waals surface area contributed by atoms with Crippen molar-refractivity contribution in [1.82, 2.24) is 4.90 Å². The Kier molecular flexibility index (Phi) is 2.86. The predicted octanol–water partition coefficient (Wildman–Crippen LogP) is 1.36. The molecule has 0 bridgehead atoms. The minimum absolute atomic E-state index is 0.0235. The molecule has 0 spiro atoms. The van der Waals surface area contributed by atoms with E-state index in [2.05, 4.69) is 37.5 Å². The zero-order valence-corrected chi connectivity index (χ0v) is 10.8. The van der Waals surface area contributed by atoms with Gasteiger partial charge in [-0.3, -0.25) is 0 Å². The Hall–Kier alpha value is -1.16. The Bertz CT molecular complexity index is 397. The van der Waals surface area contributed by atoms with E-state index >= 15 is 0 Å². The lowest BCUT2D eigenvalue weighted by Crippen LogP contribution is -2.54. The molecule has 2 atom stereocenters. The van der Waals surface area contributed by atoms with Crippen molar-refractivity contribution in [3.8, 4) is 0 Å². The first-order valence-electron chi connectivity index (χ1n) is 6.03. The van der Waals surface area contributed by atoms with Crippen LogP contribution in [0.4, 0.5) is 0 Å². The first-order chi connectivity index (χ1) is 7.84. The summed E-state index contributed by atoms with van der Waals surface area (Å²) in [5.74, 6) is -0.535. The highest BCUT2D eigenvalue weighted by Crippen LogP contribution is 2.40. The molecule has 2 aliphatic rings. The molecule has 17 heavy (non-hydrogen) atoms. The molecule has 1 fully saturated rings. The summed E-state index contributed by atoms with van der Waals surface area (Å²) in [6, 6.07) is 0. The van der Waals surface area contributed by atoms with Crippen LogP contribution >= 0.6 is 0 Å². The number of rotatable bonds is 1.